The van der Waals surface area contributed by atoms with Gasteiger partial charge in [-0.05, 0) is 43.9 Å². The van der Waals surface area contributed by atoms with Crippen LogP contribution in [-0.2, 0) is 0 Å². The maximum Gasteiger partial charge on any atom is 0.251 e. The number of nitrogens with two attached hydrogens (primary N) is 1. The number of hydrogen-bond donors (Lipinski definition) is 3. The van der Waals surface area contributed by atoms with E-state index < -0.39 is 0 Å². The van der Waals surface area contributed by atoms with Crippen molar-refractivity contribution in [1.82, 2.24) is 5.32 Å². The SMILES string of the molecule is CCNC(=O)c1ccc(NCCCC2CCCC2)c(N)c1. The minimum atomic E-state index is -0.0722. The molecule has 1 saturated carbocycles. The Balaban J connectivity index is 1.78. The van der Waals surface area contributed by atoms with Crippen molar-refractivity contribution in [3.63, 3.8) is 0 Å². The Morgan fingerprint density at radius 2 is 2.10 bits per heavy atom. The number of carbonyl (C=O) groups is 1. The number of anilines is 2. The van der Waals surface area contributed by atoms with Gasteiger partial charge in [-0.15, -0.1) is 0 Å². The van der Waals surface area contributed by atoms with Crippen LogP contribution in [0.1, 0.15) is 55.8 Å². The molecule has 0 radical (unpaired) electrons. The number of hydrogen-bond acceptors (Lipinski definition) is 3. The number of amides is 1. The Kier molecular flexibility index (Phi) is 5.90. The summed E-state index contributed by atoms with van der Waals surface area (Å²) < 4.78 is 0. The molecule has 0 aromatic heterocycles. The van der Waals surface area contributed by atoms with Crippen molar-refractivity contribution in [3.05, 3.63) is 23.8 Å². The molecule has 0 unspecified atom stereocenters. The molecule has 1 aliphatic rings. The molecule has 1 aromatic carbocycles. The van der Waals surface area contributed by atoms with E-state index in [-0.39, 0.29) is 5.91 Å². The maximum atomic E-state index is 11.7. The third-order valence-corrected chi connectivity index (χ3v) is 4.23. The summed E-state index contributed by atoms with van der Waals surface area (Å²) in [4.78, 5) is 11.7. The molecule has 0 atom stereocenters. The van der Waals surface area contributed by atoms with E-state index in [1.807, 2.05) is 19.1 Å². The van der Waals surface area contributed by atoms with Gasteiger partial charge in [-0.3, -0.25) is 4.79 Å². The first-order valence-corrected chi connectivity index (χ1v) is 8.12. The smallest absolute Gasteiger partial charge is 0.251 e. The van der Waals surface area contributed by atoms with Gasteiger partial charge in [-0.25, -0.2) is 0 Å². The van der Waals surface area contributed by atoms with Gasteiger partial charge in [0.2, 0.25) is 0 Å². The molecule has 21 heavy (non-hydrogen) atoms. The van der Waals surface area contributed by atoms with Crippen molar-refractivity contribution < 1.29 is 4.79 Å². The number of nitrogens with one attached hydrogen (secondary N) is 2. The molecule has 4 heteroatoms. The van der Waals surface area contributed by atoms with Crippen LogP contribution in [0.5, 0.6) is 0 Å². The van der Waals surface area contributed by atoms with Crippen molar-refractivity contribution in [2.24, 2.45) is 5.92 Å². The quantitative estimate of drug-likeness (QED) is 0.532. The molecule has 1 aromatic rings. The second kappa shape index (κ2) is 7.91. The Hall–Kier alpha value is -1.71. The lowest BCUT2D eigenvalue weighted by Gasteiger charge is -2.12. The van der Waals surface area contributed by atoms with E-state index in [1.54, 1.807) is 6.07 Å². The standard InChI is InChI=1S/C17H27N3O/c1-2-19-17(21)14-9-10-16(15(18)12-14)20-11-5-8-13-6-3-4-7-13/h9-10,12-13,20H,2-8,11,18H2,1H3,(H,19,21). The first kappa shape index (κ1) is 15.7. The van der Waals surface area contributed by atoms with Crippen LogP contribution in [0, 0.1) is 5.92 Å². The molecule has 2 rings (SSSR count). The zero-order valence-corrected chi connectivity index (χ0v) is 13.0. The first-order valence-electron chi connectivity index (χ1n) is 8.12. The molecular weight excluding hydrogens is 262 g/mol. The fourth-order valence-electron chi connectivity index (χ4n) is 3.04. The lowest BCUT2D eigenvalue weighted by Crippen LogP contribution is -2.22. The van der Waals surface area contributed by atoms with Gasteiger partial charge in [-0.2, -0.15) is 0 Å². The van der Waals surface area contributed by atoms with Crippen LogP contribution in [0.2, 0.25) is 0 Å². The van der Waals surface area contributed by atoms with Crippen molar-refractivity contribution in [2.45, 2.75) is 45.4 Å². The zero-order chi connectivity index (χ0) is 15.1. The number of nitrogen functional groups attached to an aromatic ring is 1. The normalized spacial score (nSPS) is 15.1. The average Bonchev–Trinajstić information content (AvgIpc) is 2.98. The fourth-order valence-corrected chi connectivity index (χ4v) is 3.04. The third kappa shape index (κ3) is 4.66. The third-order valence-electron chi connectivity index (χ3n) is 4.23. The van der Waals surface area contributed by atoms with Gasteiger partial charge >= 0.3 is 0 Å². The second-order valence-electron chi connectivity index (χ2n) is 5.88. The van der Waals surface area contributed by atoms with Crippen LogP contribution in [0.15, 0.2) is 18.2 Å². The predicted octanol–water partition coefficient (Wildman–Crippen LogP) is 3.40. The van der Waals surface area contributed by atoms with Crippen molar-refractivity contribution >= 4 is 17.3 Å². The number of carbonyl (C=O) groups excluding carboxylic acids is 1. The zero-order valence-electron chi connectivity index (χ0n) is 13.0. The molecule has 116 valence electrons. The first-order chi connectivity index (χ1) is 10.2. The monoisotopic (exact) mass is 289 g/mol. The van der Waals surface area contributed by atoms with E-state index in [2.05, 4.69) is 10.6 Å². The van der Waals surface area contributed by atoms with Gasteiger partial charge < -0.3 is 16.4 Å². The molecule has 4 nitrogen and oxygen atoms in total. The summed E-state index contributed by atoms with van der Waals surface area (Å²) in [6.45, 7) is 3.47. The molecule has 0 aliphatic heterocycles. The molecule has 1 amide bonds. The van der Waals surface area contributed by atoms with E-state index in [4.69, 9.17) is 5.73 Å². The van der Waals surface area contributed by atoms with E-state index >= 15 is 0 Å². The van der Waals surface area contributed by atoms with Gasteiger partial charge in [0, 0.05) is 18.7 Å². The van der Waals surface area contributed by atoms with Crippen LogP contribution < -0.4 is 16.4 Å². The lowest BCUT2D eigenvalue weighted by atomic mass is 10.0. The molecule has 0 saturated heterocycles. The fraction of sp³-hybridized carbons (Fsp3) is 0.588. The van der Waals surface area contributed by atoms with Crippen LogP contribution >= 0.6 is 0 Å². The highest BCUT2D eigenvalue weighted by Gasteiger charge is 2.14. The van der Waals surface area contributed by atoms with Crippen molar-refractivity contribution in [3.8, 4) is 0 Å². The highest BCUT2D eigenvalue weighted by Crippen LogP contribution is 2.28. The summed E-state index contributed by atoms with van der Waals surface area (Å²) in [7, 11) is 0. The summed E-state index contributed by atoms with van der Waals surface area (Å²) in [5.74, 6) is 0.862. The second-order valence-corrected chi connectivity index (χ2v) is 5.88. The summed E-state index contributed by atoms with van der Waals surface area (Å²) in [6, 6.07) is 5.46. The van der Waals surface area contributed by atoms with Crippen LogP contribution in [0.3, 0.4) is 0 Å². The molecule has 0 bridgehead atoms. The van der Waals surface area contributed by atoms with Gasteiger partial charge in [0.1, 0.15) is 0 Å². The van der Waals surface area contributed by atoms with Gasteiger partial charge in [0.25, 0.3) is 5.91 Å². The van der Waals surface area contributed by atoms with E-state index in [0.29, 0.717) is 17.8 Å². The van der Waals surface area contributed by atoms with Gasteiger partial charge in [0.05, 0.1) is 11.4 Å². The summed E-state index contributed by atoms with van der Waals surface area (Å²) in [6.07, 6.45) is 8.12. The minimum Gasteiger partial charge on any atom is -0.397 e. The summed E-state index contributed by atoms with van der Waals surface area (Å²) >= 11 is 0. The molecule has 4 N–H and O–H groups in total. The van der Waals surface area contributed by atoms with E-state index in [9.17, 15) is 4.79 Å². The molecule has 1 aliphatic carbocycles. The highest BCUT2D eigenvalue weighted by molar-refractivity contribution is 5.96. The number of benzene rings is 1. The van der Waals surface area contributed by atoms with Crippen molar-refractivity contribution in [1.29, 1.82) is 0 Å². The summed E-state index contributed by atoms with van der Waals surface area (Å²) in [5, 5.41) is 6.16. The Morgan fingerprint density at radius 3 is 2.76 bits per heavy atom. The van der Waals surface area contributed by atoms with E-state index in [1.165, 1.54) is 38.5 Å². The molecular formula is C17H27N3O. The van der Waals surface area contributed by atoms with Crippen LogP contribution in [-0.4, -0.2) is 19.0 Å². The average molecular weight is 289 g/mol. The Labute approximate surface area is 127 Å². The van der Waals surface area contributed by atoms with Gasteiger partial charge in [-0.1, -0.05) is 25.7 Å². The van der Waals surface area contributed by atoms with Crippen molar-refractivity contribution in [2.75, 3.05) is 24.1 Å². The Bertz CT molecular complexity index is 467. The number of rotatable bonds is 7. The summed E-state index contributed by atoms with van der Waals surface area (Å²) in [5.41, 5.74) is 8.20. The van der Waals surface area contributed by atoms with Crippen LogP contribution in [0.4, 0.5) is 11.4 Å². The lowest BCUT2D eigenvalue weighted by molar-refractivity contribution is 0.0956. The highest BCUT2D eigenvalue weighted by atomic mass is 16.1. The molecule has 0 heterocycles. The topological polar surface area (TPSA) is 67.2 Å². The molecule has 0 spiro atoms. The maximum absolute atomic E-state index is 11.7. The molecule has 1 fully saturated rings. The largest absolute Gasteiger partial charge is 0.397 e. The predicted molar refractivity (Wildman–Crippen MR) is 88.5 cm³/mol. The van der Waals surface area contributed by atoms with Gasteiger partial charge in [0.15, 0.2) is 0 Å². The van der Waals surface area contributed by atoms with E-state index in [0.717, 1.165) is 18.2 Å². The Morgan fingerprint density at radius 1 is 1.33 bits per heavy atom. The van der Waals surface area contributed by atoms with Crippen LogP contribution in [0.25, 0.3) is 0 Å². The minimum absolute atomic E-state index is 0.0722.